The maximum absolute atomic E-state index is 11.5. The van der Waals surface area contributed by atoms with E-state index >= 15 is 0 Å². The number of carbonyl (C=O) groups excluding carboxylic acids is 1. The number of hydrogen-bond acceptors (Lipinski definition) is 4. The Morgan fingerprint density at radius 2 is 1.94 bits per heavy atom. The summed E-state index contributed by atoms with van der Waals surface area (Å²) < 4.78 is 5.07. The highest BCUT2D eigenvalue weighted by Gasteiger charge is 2.20. The molecule has 0 rings (SSSR count). The fourth-order valence-corrected chi connectivity index (χ4v) is 1.04. The molecule has 6 nitrogen and oxygen atoms in total. The summed E-state index contributed by atoms with van der Waals surface area (Å²) in [5.74, 6) is 0.0405. The van der Waals surface area contributed by atoms with Crippen molar-refractivity contribution in [1.29, 1.82) is 0 Å². The first-order chi connectivity index (χ1) is 7.61. The highest BCUT2D eigenvalue weighted by Crippen LogP contribution is 2.09. The molecule has 0 aliphatic heterocycles. The zero-order valence-corrected chi connectivity index (χ0v) is 10.9. The second-order valence-corrected chi connectivity index (χ2v) is 5.04. The summed E-state index contributed by atoms with van der Waals surface area (Å²) in [5, 5.41) is 12.8. The number of rotatable bonds is 4. The summed E-state index contributed by atoms with van der Waals surface area (Å²) in [6.45, 7) is 8.97. The van der Waals surface area contributed by atoms with Crippen molar-refractivity contribution in [2.75, 3.05) is 0 Å². The number of nitrogens with zero attached hydrogens (tertiary/aromatic N) is 1. The van der Waals surface area contributed by atoms with E-state index in [1.807, 2.05) is 13.8 Å². The van der Waals surface area contributed by atoms with Gasteiger partial charge >= 0.3 is 6.09 Å². The number of alkyl carbamates (subject to hydrolysis) is 1. The summed E-state index contributed by atoms with van der Waals surface area (Å²) in [5.41, 5.74) is -0.585. The van der Waals surface area contributed by atoms with Gasteiger partial charge < -0.3 is 10.1 Å². The quantitative estimate of drug-likeness (QED) is 0.607. The smallest absolute Gasteiger partial charge is 0.408 e. The molecule has 0 radical (unpaired) electrons. The summed E-state index contributed by atoms with van der Waals surface area (Å²) >= 11 is 0. The van der Waals surface area contributed by atoms with Crippen molar-refractivity contribution in [3.05, 3.63) is 22.4 Å². The topological polar surface area (TPSA) is 81.5 Å². The lowest BCUT2D eigenvalue weighted by Crippen LogP contribution is -2.40. The second kappa shape index (κ2) is 6.22. The average molecular weight is 244 g/mol. The Kier molecular flexibility index (Phi) is 5.64. The van der Waals surface area contributed by atoms with Crippen LogP contribution >= 0.6 is 0 Å². The average Bonchev–Trinajstić information content (AvgIpc) is 2.08. The Hall–Kier alpha value is -1.59. The van der Waals surface area contributed by atoms with Crippen LogP contribution in [0, 0.1) is 16.0 Å². The maximum atomic E-state index is 11.5. The van der Waals surface area contributed by atoms with Crippen molar-refractivity contribution in [2.24, 2.45) is 5.92 Å². The van der Waals surface area contributed by atoms with Gasteiger partial charge in [0.15, 0.2) is 0 Å². The van der Waals surface area contributed by atoms with E-state index in [0.29, 0.717) is 0 Å². The molecule has 1 amide bonds. The summed E-state index contributed by atoms with van der Waals surface area (Å²) in [4.78, 5) is 21.1. The monoisotopic (exact) mass is 244 g/mol. The molecule has 1 atom stereocenters. The first-order valence-electron chi connectivity index (χ1n) is 5.43. The van der Waals surface area contributed by atoms with Crippen LogP contribution in [-0.2, 0) is 4.74 Å². The van der Waals surface area contributed by atoms with Gasteiger partial charge in [0.2, 0.25) is 6.20 Å². The molecule has 0 heterocycles. The van der Waals surface area contributed by atoms with Crippen LogP contribution in [0.5, 0.6) is 0 Å². The van der Waals surface area contributed by atoms with E-state index in [9.17, 15) is 14.9 Å². The van der Waals surface area contributed by atoms with Crippen LogP contribution in [0.15, 0.2) is 12.3 Å². The Morgan fingerprint density at radius 1 is 1.41 bits per heavy atom. The van der Waals surface area contributed by atoms with Gasteiger partial charge in [-0.3, -0.25) is 10.1 Å². The van der Waals surface area contributed by atoms with Gasteiger partial charge in [0.1, 0.15) is 5.60 Å². The molecule has 0 spiro atoms. The molecule has 0 saturated carbocycles. The van der Waals surface area contributed by atoms with Crippen LogP contribution in [0.25, 0.3) is 0 Å². The van der Waals surface area contributed by atoms with Gasteiger partial charge in [0.25, 0.3) is 0 Å². The van der Waals surface area contributed by atoms with Crippen LogP contribution < -0.4 is 5.32 Å². The molecule has 0 aromatic rings. The minimum atomic E-state index is -0.585. The van der Waals surface area contributed by atoms with Crippen molar-refractivity contribution in [3.8, 4) is 0 Å². The Morgan fingerprint density at radius 3 is 2.29 bits per heavy atom. The highest BCUT2D eigenvalue weighted by molar-refractivity contribution is 5.68. The van der Waals surface area contributed by atoms with Crippen molar-refractivity contribution < 1.29 is 14.5 Å². The van der Waals surface area contributed by atoms with Crippen LogP contribution in [0.4, 0.5) is 4.79 Å². The van der Waals surface area contributed by atoms with Crippen LogP contribution in [0.3, 0.4) is 0 Å². The van der Waals surface area contributed by atoms with Crippen molar-refractivity contribution >= 4 is 6.09 Å². The van der Waals surface area contributed by atoms with E-state index in [0.717, 1.165) is 6.20 Å². The van der Waals surface area contributed by atoms with Crippen LogP contribution in [0.2, 0.25) is 0 Å². The van der Waals surface area contributed by atoms with Gasteiger partial charge in [0.05, 0.1) is 11.0 Å². The third-order valence-corrected chi connectivity index (χ3v) is 1.82. The van der Waals surface area contributed by atoms with Gasteiger partial charge in [-0.15, -0.1) is 0 Å². The molecule has 17 heavy (non-hydrogen) atoms. The van der Waals surface area contributed by atoms with Gasteiger partial charge in [-0.25, -0.2) is 4.79 Å². The minimum Gasteiger partial charge on any atom is -0.444 e. The predicted octanol–water partition coefficient (Wildman–Crippen LogP) is 2.33. The molecule has 0 aromatic carbocycles. The van der Waals surface area contributed by atoms with Gasteiger partial charge in [-0.1, -0.05) is 13.8 Å². The standard InChI is InChI=1S/C11H20N2O4/c1-8(2)9(6-7-13(15)16)12-10(14)17-11(3,4)5/h6-9H,1-5H3,(H,12,14)/b7-6+/t9-/m1/s1. The number of carbonyl (C=O) groups is 1. The third kappa shape index (κ3) is 8.24. The summed E-state index contributed by atoms with van der Waals surface area (Å²) in [7, 11) is 0. The van der Waals surface area contributed by atoms with Gasteiger partial charge in [-0.05, 0) is 26.7 Å². The molecular formula is C11H20N2O4. The maximum Gasteiger partial charge on any atom is 0.408 e. The number of ether oxygens (including phenoxy) is 1. The Labute approximate surface area is 101 Å². The highest BCUT2D eigenvalue weighted by atomic mass is 16.6. The zero-order valence-electron chi connectivity index (χ0n) is 10.9. The molecule has 0 unspecified atom stereocenters. The zero-order chi connectivity index (χ0) is 13.6. The van der Waals surface area contributed by atoms with E-state index in [2.05, 4.69) is 5.32 Å². The fraction of sp³-hybridized carbons (Fsp3) is 0.727. The fourth-order valence-electron chi connectivity index (χ4n) is 1.04. The van der Waals surface area contributed by atoms with Gasteiger partial charge in [-0.2, -0.15) is 0 Å². The van der Waals surface area contributed by atoms with E-state index < -0.39 is 22.7 Å². The SMILES string of the molecule is CC(C)[C@@H](/C=C/[N+](=O)[O-])NC(=O)OC(C)(C)C. The lowest BCUT2D eigenvalue weighted by atomic mass is 10.1. The molecule has 0 fully saturated rings. The summed E-state index contributed by atoms with van der Waals surface area (Å²) in [6.07, 6.45) is 1.58. The van der Waals surface area contributed by atoms with Crippen molar-refractivity contribution in [2.45, 2.75) is 46.3 Å². The lowest BCUT2D eigenvalue weighted by molar-refractivity contribution is -0.402. The predicted molar refractivity (Wildman–Crippen MR) is 64.1 cm³/mol. The molecule has 0 saturated heterocycles. The molecule has 0 bridgehead atoms. The lowest BCUT2D eigenvalue weighted by Gasteiger charge is -2.23. The van der Waals surface area contributed by atoms with Crippen LogP contribution in [-0.4, -0.2) is 22.7 Å². The van der Waals surface area contributed by atoms with E-state index in [4.69, 9.17) is 4.74 Å². The molecule has 0 aromatic heterocycles. The molecule has 0 aliphatic carbocycles. The number of hydrogen-bond donors (Lipinski definition) is 1. The Balaban J connectivity index is 4.46. The summed E-state index contributed by atoms with van der Waals surface area (Å²) in [6, 6.07) is -0.421. The van der Waals surface area contributed by atoms with E-state index in [-0.39, 0.29) is 5.92 Å². The molecule has 0 aliphatic rings. The van der Waals surface area contributed by atoms with Crippen molar-refractivity contribution in [1.82, 2.24) is 5.32 Å². The normalized spacial score (nSPS) is 13.8. The Bertz CT molecular complexity index is 305. The molecule has 1 N–H and O–H groups in total. The van der Waals surface area contributed by atoms with Crippen molar-refractivity contribution in [3.63, 3.8) is 0 Å². The third-order valence-electron chi connectivity index (χ3n) is 1.82. The number of amides is 1. The minimum absolute atomic E-state index is 0.0405. The molecule has 6 heteroatoms. The number of nitrogens with one attached hydrogen (secondary N) is 1. The molecule has 98 valence electrons. The van der Waals surface area contributed by atoms with E-state index in [1.165, 1.54) is 6.08 Å². The molecular weight excluding hydrogens is 224 g/mol. The first-order valence-corrected chi connectivity index (χ1v) is 5.43. The first kappa shape index (κ1) is 15.4. The van der Waals surface area contributed by atoms with Gasteiger partial charge in [0, 0.05) is 6.08 Å². The van der Waals surface area contributed by atoms with Crippen LogP contribution in [0.1, 0.15) is 34.6 Å². The number of nitro groups is 1. The van der Waals surface area contributed by atoms with E-state index in [1.54, 1.807) is 20.8 Å². The largest absolute Gasteiger partial charge is 0.444 e. The second-order valence-electron chi connectivity index (χ2n) is 5.04.